The largest absolute Gasteiger partial charge is 0.339 e. The minimum absolute atomic E-state index is 0.0742. The van der Waals surface area contributed by atoms with Gasteiger partial charge >= 0.3 is 0 Å². The second kappa shape index (κ2) is 7.79. The third-order valence-corrected chi connectivity index (χ3v) is 5.09. The lowest BCUT2D eigenvalue weighted by Crippen LogP contribution is -2.35. The first kappa shape index (κ1) is 17.0. The molecule has 0 aliphatic carbocycles. The van der Waals surface area contributed by atoms with E-state index in [-0.39, 0.29) is 11.8 Å². The number of likely N-dealkylation sites (tertiary alicyclic amines) is 1. The number of benzene rings is 2. The van der Waals surface area contributed by atoms with Crippen LogP contribution >= 0.6 is 22.6 Å². The van der Waals surface area contributed by atoms with Crippen LogP contribution in [0.25, 0.3) is 0 Å². The minimum atomic E-state index is -0.143. The van der Waals surface area contributed by atoms with Crippen LogP contribution < -0.4 is 5.32 Å². The highest BCUT2D eigenvalue weighted by Crippen LogP contribution is 2.17. The number of carbonyl (C=O) groups excluding carboxylic acids is 2. The zero-order chi connectivity index (χ0) is 16.9. The SMILES string of the molecule is O=C(Nc1ccc(C(=O)N2CCCCC2)cc1)c1ccccc1I. The number of rotatable bonds is 3. The summed E-state index contributed by atoms with van der Waals surface area (Å²) in [5, 5.41) is 2.88. The van der Waals surface area contributed by atoms with Crippen molar-refractivity contribution in [1.29, 1.82) is 0 Å². The van der Waals surface area contributed by atoms with Gasteiger partial charge in [-0.15, -0.1) is 0 Å². The molecule has 2 aromatic carbocycles. The van der Waals surface area contributed by atoms with Gasteiger partial charge in [-0.25, -0.2) is 0 Å². The molecule has 0 bridgehead atoms. The molecule has 5 heteroatoms. The molecular formula is C19H19IN2O2. The first-order valence-corrected chi connectivity index (χ1v) is 9.18. The molecule has 0 atom stereocenters. The van der Waals surface area contributed by atoms with Crippen molar-refractivity contribution in [3.05, 3.63) is 63.2 Å². The molecule has 0 unspecified atom stereocenters. The lowest BCUT2D eigenvalue weighted by Gasteiger charge is -2.26. The van der Waals surface area contributed by atoms with Crippen LogP contribution in [-0.4, -0.2) is 29.8 Å². The molecule has 1 aliphatic heterocycles. The molecular weight excluding hydrogens is 415 g/mol. The standard InChI is InChI=1S/C19H19IN2O2/c20-17-7-3-2-6-16(17)18(23)21-15-10-8-14(9-11-15)19(24)22-12-4-1-5-13-22/h2-3,6-11H,1,4-5,12-13H2,(H,21,23). The van der Waals surface area contributed by atoms with Gasteiger partial charge in [-0.2, -0.15) is 0 Å². The summed E-state index contributed by atoms with van der Waals surface area (Å²) >= 11 is 2.15. The summed E-state index contributed by atoms with van der Waals surface area (Å²) in [6, 6.07) is 14.6. The van der Waals surface area contributed by atoms with Crippen molar-refractivity contribution < 1.29 is 9.59 Å². The third-order valence-electron chi connectivity index (χ3n) is 4.15. The molecule has 1 N–H and O–H groups in total. The highest BCUT2D eigenvalue weighted by atomic mass is 127. The van der Waals surface area contributed by atoms with Crippen molar-refractivity contribution in [2.75, 3.05) is 18.4 Å². The molecule has 0 saturated carbocycles. The van der Waals surface area contributed by atoms with E-state index in [2.05, 4.69) is 27.9 Å². The van der Waals surface area contributed by atoms with E-state index in [0.717, 1.165) is 29.5 Å². The lowest BCUT2D eigenvalue weighted by atomic mass is 10.1. The van der Waals surface area contributed by atoms with Gasteiger partial charge in [-0.3, -0.25) is 9.59 Å². The zero-order valence-electron chi connectivity index (χ0n) is 13.3. The van der Waals surface area contributed by atoms with E-state index in [4.69, 9.17) is 0 Å². The number of anilines is 1. The van der Waals surface area contributed by atoms with Crippen molar-refractivity contribution in [3.8, 4) is 0 Å². The number of hydrogen-bond acceptors (Lipinski definition) is 2. The van der Waals surface area contributed by atoms with E-state index in [1.807, 2.05) is 23.1 Å². The van der Waals surface area contributed by atoms with Crippen LogP contribution in [0.3, 0.4) is 0 Å². The number of nitrogens with zero attached hydrogens (tertiary/aromatic N) is 1. The van der Waals surface area contributed by atoms with Crippen LogP contribution in [0.4, 0.5) is 5.69 Å². The van der Waals surface area contributed by atoms with Gasteiger partial charge in [-0.05, 0) is 78.3 Å². The van der Waals surface area contributed by atoms with Crippen LogP contribution in [0.1, 0.15) is 40.0 Å². The smallest absolute Gasteiger partial charge is 0.256 e. The van der Waals surface area contributed by atoms with Crippen LogP contribution in [-0.2, 0) is 0 Å². The molecule has 2 aromatic rings. The van der Waals surface area contributed by atoms with Crippen molar-refractivity contribution in [2.45, 2.75) is 19.3 Å². The highest BCUT2D eigenvalue weighted by molar-refractivity contribution is 14.1. The van der Waals surface area contributed by atoms with Gasteiger partial charge in [0, 0.05) is 27.9 Å². The van der Waals surface area contributed by atoms with E-state index in [1.54, 1.807) is 30.3 Å². The van der Waals surface area contributed by atoms with Crippen LogP contribution in [0.5, 0.6) is 0 Å². The van der Waals surface area contributed by atoms with Crippen molar-refractivity contribution >= 4 is 40.1 Å². The van der Waals surface area contributed by atoms with Gasteiger partial charge in [0.1, 0.15) is 0 Å². The quantitative estimate of drug-likeness (QED) is 0.738. The fourth-order valence-corrected chi connectivity index (χ4v) is 3.45. The number of piperidine rings is 1. The monoisotopic (exact) mass is 434 g/mol. The van der Waals surface area contributed by atoms with Gasteiger partial charge in [0.2, 0.25) is 0 Å². The van der Waals surface area contributed by atoms with E-state index < -0.39 is 0 Å². The predicted molar refractivity (Wildman–Crippen MR) is 103 cm³/mol. The van der Waals surface area contributed by atoms with Gasteiger partial charge in [0.05, 0.1) is 5.56 Å². The molecule has 1 aliphatic rings. The summed E-state index contributed by atoms with van der Waals surface area (Å²) in [6.07, 6.45) is 3.36. The third kappa shape index (κ3) is 3.95. The number of hydrogen-bond donors (Lipinski definition) is 1. The topological polar surface area (TPSA) is 49.4 Å². The van der Waals surface area contributed by atoms with Crippen LogP contribution in [0.15, 0.2) is 48.5 Å². The van der Waals surface area contributed by atoms with Gasteiger partial charge in [0.25, 0.3) is 11.8 Å². The second-order valence-electron chi connectivity index (χ2n) is 5.86. The Kier molecular flexibility index (Phi) is 5.50. The van der Waals surface area contributed by atoms with Gasteiger partial charge < -0.3 is 10.2 Å². The summed E-state index contributed by atoms with van der Waals surface area (Å²) in [5.74, 6) is -0.0692. The molecule has 1 fully saturated rings. The molecule has 1 saturated heterocycles. The minimum Gasteiger partial charge on any atom is -0.339 e. The summed E-state index contributed by atoms with van der Waals surface area (Å²) in [4.78, 5) is 26.7. The Morgan fingerprint density at radius 1 is 0.917 bits per heavy atom. The molecule has 0 spiro atoms. The fourth-order valence-electron chi connectivity index (χ4n) is 2.82. The Morgan fingerprint density at radius 3 is 2.25 bits per heavy atom. The molecule has 24 heavy (non-hydrogen) atoms. The molecule has 1 heterocycles. The van der Waals surface area contributed by atoms with Crippen molar-refractivity contribution in [2.24, 2.45) is 0 Å². The predicted octanol–water partition coefficient (Wildman–Crippen LogP) is 4.17. The maximum atomic E-state index is 12.4. The Hall–Kier alpha value is -1.89. The molecule has 4 nitrogen and oxygen atoms in total. The first-order valence-electron chi connectivity index (χ1n) is 8.10. The fraction of sp³-hybridized carbons (Fsp3) is 0.263. The summed E-state index contributed by atoms with van der Waals surface area (Å²) in [5.41, 5.74) is 2.01. The molecule has 0 aromatic heterocycles. The highest BCUT2D eigenvalue weighted by Gasteiger charge is 2.18. The van der Waals surface area contributed by atoms with Crippen LogP contribution in [0, 0.1) is 3.57 Å². The number of carbonyl (C=O) groups is 2. The molecule has 2 amide bonds. The average Bonchev–Trinajstić information content (AvgIpc) is 2.63. The van der Waals surface area contributed by atoms with Crippen LogP contribution in [0.2, 0.25) is 0 Å². The Balaban J connectivity index is 1.67. The van der Waals surface area contributed by atoms with E-state index >= 15 is 0 Å². The normalized spacial score (nSPS) is 14.3. The summed E-state index contributed by atoms with van der Waals surface area (Å²) < 4.78 is 0.907. The lowest BCUT2D eigenvalue weighted by molar-refractivity contribution is 0.0724. The molecule has 3 rings (SSSR count). The van der Waals surface area contributed by atoms with Gasteiger partial charge in [0.15, 0.2) is 0 Å². The first-order chi connectivity index (χ1) is 11.6. The maximum Gasteiger partial charge on any atom is 0.256 e. The van der Waals surface area contributed by atoms with E-state index in [9.17, 15) is 9.59 Å². The van der Waals surface area contributed by atoms with E-state index in [1.165, 1.54) is 6.42 Å². The van der Waals surface area contributed by atoms with Crippen molar-refractivity contribution in [1.82, 2.24) is 4.90 Å². The van der Waals surface area contributed by atoms with E-state index in [0.29, 0.717) is 16.8 Å². The maximum absolute atomic E-state index is 12.4. The Labute approximate surface area is 155 Å². The molecule has 124 valence electrons. The van der Waals surface area contributed by atoms with Crippen molar-refractivity contribution in [3.63, 3.8) is 0 Å². The molecule has 0 radical (unpaired) electrons. The van der Waals surface area contributed by atoms with Gasteiger partial charge in [-0.1, -0.05) is 12.1 Å². The average molecular weight is 434 g/mol. The second-order valence-corrected chi connectivity index (χ2v) is 7.03. The number of nitrogens with one attached hydrogen (secondary N) is 1. The zero-order valence-corrected chi connectivity index (χ0v) is 15.5. The Morgan fingerprint density at radius 2 is 1.58 bits per heavy atom. The number of amides is 2. The number of halogens is 1. The Bertz CT molecular complexity index is 737. The summed E-state index contributed by atoms with van der Waals surface area (Å²) in [6.45, 7) is 1.67. The summed E-state index contributed by atoms with van der Waals surface area (Å²) in [7, 11) is 0.